The van der Waals surface area contributed by atoms with Crippen LogP contribution in [0.1, 0.15) is 0 Å². The molecular weight excluding hydrogens is 725 g/mol. The van der Waals surface area contributed by atoms with E-state index in [1.54, 1.807) is 0 Å². The maximum absolute atomic E-state index is 6.30. The Kier molecular flexibility index (Phi) is 7.40. The molecule has 10 aromatic carbocycles. The Morgan fingerprint density at radius 2 is 0.690 bits per heavy atom. The van der Waals surface area contributed by atoms with Crippen LogP contribution in [0, 0.1) is 0 Å². The number of anilines is 6. The minimum absolute atomic E-state index is 0.886. The Hall–Kier alpha value is -7.40. The van der Waals surface area contributed by atoms with Crippen molar-refractivity contribution in [3.05, 3.63) is 206 Å². The van der Waals surface area contributed by atoms with E-state index in [1.807, 2.05) is 23.5 Å². The molecule has 0 aliphatic carbocycles. The first-order valence-corrected chi connectivity index (χ1v) is 20.5. The number of nitrogens with zero attached hydrogens (tertiary/aromatic N) is 2. The molecule has 0 fully saturated rings. The highest BCUT2D eigenvalue weighted by atomic mass is 32.1. The van der Waals surface area contributed by atoms with Crippen molar-refractivity contribution in [1.29, 1.82) is 0 Å². The molecule has 0 spiro atoms. The van der Waals surface area contributed by atoms with Crippen LogP contribution in [0.25, 0.3) is 74.4 Å². The highest BCUT2D eigenvalue weighted by Crippen LogP contribution is 2.46. The summed E-state index contributed by atoms with van der Waals surface area (Å²) in [5.41, 5.74) is 8.45. The lowest BCUT2D eigenvalue weighted by Crippen LogP contribution is -2.10. The van der Waals surface area contributed by atoms with Gasteiger partial charge in [0.05, 0.1) is 0 Å². The molecule has 12 rings (SSSR count). The maximum Gasteiger partial charge on any atom is 0.135 e. The Labute approximate surface area is 338 Å². The van der Waals surface area contributed by atoms with Crippen molar-refractivity contribution in [2.24, 2.45) is 0 Å². The van der Waals surface area contributed by atoms with Crippen molar-refractivity contribution in [2.75, 3.05) is 9.80 Å². The molecule has 0 unspecified atom stereocenters. The molecule has 0 saturated carbocycles. The van der Waals surface area contributed by atoms with Gasteiger partial charge in [0.15, 0.2) is 0 Å². The predicted molar refractivity (Wildman–Crippen MR) is 248 cm³/mol. The van der Waals surface area contributed by atoms with Crippen molar-refractivity contribution in [2.45, 2.75) is 0 Å². The van der Waals surface area contributed by atoms with Gasteiger partial charge in [0.25, 0.3) is 0 Å². The van der Waals surface area contributed by atoms with Crippen molar-refractivity contribution in [3.63, 3.8) is 0 Å². The monoisotopic (exact) mass is 758 g/mol. The average molecular weight is 759 g/mol. The van der Waals surface area contributed by atoms with Crippen molar-refractivity contribution in [1.82, 2.24) is 0 Å². The summed E-state index contributed by atoms with van der Waals surface area (Å²) in [4.78, 5) is 4.74. The first-order valence-electron chi connectivity index (χ1n) is 19.7. The van der Waals surface area contributed by atoms with E-state index in [9.17, 15) is 0 Å². The smallest absolute Gasteiger partial charge is 0.135 e. The lowest BCUT2D eigenvalue weighted by molar-refractivity contribution is 0.669. The van der Waals surface area contributed by atoms with Gasteiger partial charge in [-0.2, -0.15) is 0 Å². The molecule has 0 amide bonds. The summed E-state index contributed by atoms with van der Waals surface area (Å²) in [6.07, 6.45) is 0. The summed E-state index contributed by atoms with van der Waals surface area (Å²) in [5.74, 6) is 0. The van der Waals surface area contributed by atoms with Gasteiger partial charge in [0, 0.05) is 65.1 Å². The summed E-state index contributed by atoms with van der Waals surface area (Å²) >= 11 is 1.85. The fourth-order valence-corrected chi connectivity index (χ4v) is 10.1. The van der Waals surface area contributed by atoms with E-state index < -0.39 is 0 Å². The molecule has 0 saturated heterocycles. The van der Waals surface area contributed by atoms with Gasteiger partial charge in [-0.15, -0.1) is 11.3 Å². The second-order valence-corrected chi connectivity index (χ2v) is 16.0. The topological polar surface area (TPSA) is 19.6 Å². The third kappa shape index (κ3) is 5.19. The zero-order chi connectivity index (χ0) is 38.2. The molecule has 0 N–H and O–H groups in total. The minimum atomic E-state index is 0.886. The molecule has 3 nitrogen and oxygen atoms in total. The number of hydrogen-bond donors (Lipinski definition) is 0. The Bertz CT molecular complexity index is 3460. The van der Waals surface area contributed by atoms with E-state index >= 15 is 0 Å². The number of thiophene rings is 1. The van der Waals surface area contributed by atoms with Crippen LogP contribution < -0.4 is 9.80 Å². The van der Waals surface area contributed by atoms with E-state index in [-0.39, 0.29) is 0 Å². The van der Waals surface area contributed by atoms with Gasteiger partial charge in [-0.25, -0.2) is 0 Å². The van der Waals surface area contributed by atoms with Crippen LogP contribution in [0.3, 0.4) is 0 Å². The highest BCUT2D eigenvalue weighted by molar-refractivity contribution is 7.25. The van der Waals surface area contributed by atoms with Crippen LogP contribution in [0.2, 0.25) is 0 Å². The predicted octanol–water partition coefficient (Wildman–Crippen LogP) is 16.4. The second kappa shape index (κ2) is 13.1. The second-order valence-electron chi connectivity index (χ2n) is 14.9. The SMILES string of the molecule is c1ccc(N(c2ccccc2)c2ccc3sc4cc(N(c5ccc6oc7ccccc7c6c5)c5ccc6c7ccccc7c7ccccc7c6c5)ccc4c3c2)cc1. The van der Waals surface area contributed by atoms with Crippen molar-refractivity contribution >= 4 is 120 Å². The van der Waals surface area contributed by atoms with E-state index in [2.05, 4.69) is 204 Å². The molecule has 0 aliphatic heterocycles. The van der Waals surface area contributed by atoms with Crippen LogP contribution in [0.5, 0.6) is 0 Å². The van der Waals surface area contributed by atoms with Crippen molar-refractivity contribution < 1.29 is 4.42 Å². The van der Waals surface area contributed by atoms with E-state index in [0.29, 0.717) is 0 Å². The average Bonchev–Trinajstić information content (AvgIpc) is 3.85. The van der Waals surface area contributed by atoms with Gasteiger partial charge in [-0.1, -0.05) is 115 Å². The summed E-state index contributed by atoms with van der Waals surface area (Å²) in [6.45, 7) is 0. The number of furan rings is 1. The van der Waals surface area contributed by atoms with Crippen molar-refractivity contribution in [3.8, 4) is 0 Å². The van der Waals surface area contributed by atoms with Crippen LogP contribution in [0.15, 0.2) is 211 Å². The molecule has 58 heavy (non-hydrogen) atoms. The summed E-state index contributed by atoms with van der Waals surface area (Å²) in [7, 11) is 0. The van der Waals surface area contributed by atoms with Crippen LogP contribution in [-0.4, -0.2) is 0 Å². The van der Waals surface area contributed by atoms with Crippen LogP contribution >= 0.6 is 11.3 Å². The molecule has 272 valence electrons. The standard InChI is InChI=1S/C54H34N2OS/c1-3-13-35(14-4-1)55(36-15-5-2-6-16-36)39-26-30-53-50(33-39)47-28-24-40(34-54(47)58-53)56(38-25-29-52-49(32-38)46-21-11-12-22-51(46)57-52)37-23-27-45-43-19-8-7-17-41(43)42-18-9-10-20-44(42)48(45)31-37/h1-34H. The molecule has 2 heterocycles. The lowest BCUT2D eigenvalue weighted by atomic mass is 9.94. The normalized spacial score (nSPS) is 11.8. The molecular formula is C54H34N2OS. The van der Waals surface area contributed by atoms with E-state index in [1.165, 1.54) is 52.5 Å². The number of hydrogen-bond acceptors (Lipinski definition) is 4. The summed E-state index contributed by atoms with van der Waals surface area (Å²) < 4.78 is 8.81. The Morgan fingerprint density at radius 1 is 0.259 bits per heavy atom. The molecule has 4 heteroatoms. The quantitative estimate of drug-likeness (QED) is 0.157. The fraction of sp³-hybridized carbons (Fsp3) is 0. The maximum atomic E-state index is 6.30. The number of benzene rings is 10. The summed E-state index contributed by atoms with van der Waals surface area (Å²) in [5, 5.41) is 12.3. The highest BCUT2D eigenvalue weighted by Gasteiger charge is 2.20. The van der Waals surface area contributed by atoms with Crippen LogP contribution in [-0.2, 0) is 0 Å². The minimum Gasteiger partial charge on any atom is -0.456 e. The van der Waals surface area contributed by atoms with Gasteiger partial charge < -0.3 is 14.2 Å². The zero-order valence-electron chi connectivity index (χ0n) is 31.3. The van der Waals surface area contributed by atoms with E-state index in [0.717, 1.165) is 56.1 Å². The molecule has 2 aromatic heterocycles. The van der Waals surface area contributed by atoms with Gasteiger partial charge >= 0.3 is 0 Å². The number of para-hydroxylation sites is 3. The number of rotatable bonds is 6. The third-order valence-electron chi connectivity index (χ3n) is 11.6. The Morgan fingerprint density at radius 3 is 1.34 bits per heavy atom. The van der Waals surface area contributed by atoms with E-state index in [4.69, 9.17) is 4.42 Å². The van der Waals surface area contributed by atoms with Gasteiger partial charge in [-0.3, -0.25) is 0 Å². The largest absolute Gasteiger partial charge is 0.456 e. The number of fused-ring (bicyclic) bond motifs is 12. The zero-order valence-corrected chi connectivity index (χ0v) is 32.2. The summed E-state index contributed by atoms with van der Waals surface area (Å²) in [6, 6.07) is 74.5. The Balaban J connectivity index is 1.06. The van der Waals surface area contributed by atoms with Gasteiger partial charge in [0.1, 0.15) is 11.2 Å². The molecule has 0 atom stereocenters. The third-order valence-corrected chi connectivity index (χ3v) is 12.7. The fourth-order valence-electron chi connectivity index (χ4n) is 8.97. The molecule has 0 radical (unpaired) electrons. The molecule has 0 bridgehead atoms. The molecule has 12 aromatic rings. The first-order chi connectivity index (χ1) is 28.7. The first kappa shape index (κ1) is 32.8. The van der Waals surface area contributed by atoms with Gasteiger partial charge in [-0.05, 0) is 123 Å². The molecule has 0 aliphatic rings. The van der Waals surface area contributed by atoms with Gasteiger partial charge in [0.2, 0.25) is 0 Å². The van der Waals surface area contributed by atoms with Crippen LogP contribution in [0.4, 0.5) is 34.1 Å². The lowest BCUT2D eigenvalue weighted by Gasteiger charge is -2.26.